The van der Waals surface area contributed by atoms with Crippen molar-refractivity contribution in [3.63, 3.8) is 0 Å². The molecule has 0 aliphatic heterocycles. The average molecular weight is 576 g/mol. The van der Waals surface area contributed by atoms with E-state index in [0.717, 1.165) is 33.8 Å². The molecule has 0 amide bonds. The van der Waals surface area contributed by atoms with Gasteiger partial charge in [0.15, 0.2) is 11.6 Å². The molecular formula is C37H25N3O4. The molecule has 2 aliphatic carbocycles. The van der Waals surface area contributed by atoms with E-state index in [1.807, 2.05) is 66.7 Å². The molecule has 1 heterocycles. The Morgan fingerprint density at radius 1 is 0.727 bits per heavy atom. The van der Waals surface area contributed by atoms with Crippen molar-refractivity contribution in [3.8, 4) is 28.2 Å². The molecule has 7 heteroatoms. The molecular weight excluding hydrogens is 550 g/mol. The van der Waals surface area contributed by atoms with E-state index >= 15 is 0 Å². The van der Waals surface area contributed by atoms with Crippen LogP contribution in [-0.4, -0.2) is 27.3 Å². The number of hydrogen-bond donors (Lipinski definition) is 0. The SMILES string of the molecule is O=C1c2ccccc2C(=O)[C@@H]2C=CC(N=Cc3cc(-c4ccccc4)n(-c4ccc([N+](=O)[O-])cc4)c3-c3ccccc3)=C[C@H]12. The standard InChI is InChI=1S/C37H25N3O4/c41-36-30-13-7-8-14-31(30)37(42)33-22-27(15-20-32(33)36)38-23-26-21-34(24-9-3-1-4-10-24)39(35(26)25-11-5-2-6-12-25)28-16-18-29(19-17-28)40(43)44/h1-23,32-33H/t32-,33+/m1/s1. The first-order valence-corrected chi connectivity index (χ1v) is 14.2. The summed E-state index contributed by atoms with van der Waals surface area (Å²) in [6.07, 6.45) is 7.13. The van der Waals surface area contributed by atoms with E-state index in [-0.39, 0.29) is 17.3 Å². The first-order chi connectivity index (χ1) is 21.5. The summed E-state index contributed by atoms with van der Waals surface area (Å²) in [5.74, 6) is -1.28. The van der Waals surface area contributed by atoms with Crippen molar-refractivity contribution in [1.29, 1.82) is 0 Å². The molecule has 7 nitrogen and oxygen atoms in total. The van der Waals surface area contributed by atoms with Crippen LogP contribution in [0.1, 0.15) is 26.3 Å². The highest BCUT2D eigenvalue weighted by atomic mass is 16.6. The Kier molecular flexibility index (Phi) is 6.75. The van der Waals surface area contributed by atoms with E-state index in [2.05, 4.69) is 4.57 Å². The number of aliphatic imine (C=N–C) groups is 1. The zero-order valence-electron chi connectivity index (χ0n) is 23.4. The Morgan fingerprint density at radius 2 is 1.32 bits per heavy atom. The number of hydrogen-bond acceptors (Lipinski definition) is 5. The molecule has 0 saturated carbocycles. The number of non-ortho nitro benzene ring substituents is 1. The van der Waals surface area contributed by atoms with Crippen LogP contribution in [0, 0.1) is 22.0 Å². The number of ketones is 2. The lowest BCUT2D eigenvalue weighted by Gasteiger charge is -2.29. The first kappa shape index (κ1) is 26.9. The van der Waals surface area contributed by atoms with Gasteiger partial charge in [-0.2, -0.15) is 0 Å². The van der Waals surface area contributed by atoms with Gasteiger partial charge in [-0.25, -0.2) is 0 Å². The molecule has 5 aromatic rings. The summed E-state index contributed by atoms with van der Waals surface area (Å²) in [7, 11) is 0. The van der Waals surface area contributed by atoms with E-state index in [4.69, 9.17) is 4.99 Å². The highest BCUT2D eigenvalue weighted by Crippen LogP contribution is 2.38. The number of nitrogens with zero attached hydrogens (tertiary/aromatic N) is 3. The summed E-state index contributed by atoms with van der Waals surface area (Å²) < 4.78 is 2.08. The third kappa shape index (κ3) is 4.70. The van der Waals surface area contributed by atoms with Gasteiger partial charge in [-0.15, -0.1) is 0 Å². The highest BCUT2D eigenvalue weighted by molar-refractivity contribution is 6.17. The number of Topliss-reactive ketones (excluding diaryl/α,β-unsaturated/α-hetero) is 2. The number of aromatic nitrogens is 1. The molecule has 0 saturated heterocycles. The van der Waals surface area contributed by atoms with E-state index in [1.54, 1.807) is 60.8 Å². The topological polar surface area (TPSA) is 94.6 Å². The van der Waals surface area contributed by atoms with Crippen molar-refractivity contribution >= 4 is 23.5 Å². The van der Waals surface area contributed by atoms with Crippen molar-refractivity contribution in [2.24, 2.45) is 16.8 Å². The molecule has 0 fully saturated rings. The zero-order valence-corrected chi connectivity index (χ0v) is 23.4. The van der Waals surface area contributed by atoms with Crippen LogP contribution in [0.5, 0.6) is 0 Å². The fraction of sp³-hybridized carbons (Fsp3) is 0.0541. The number of carbonyl (C=O) groups excluding carboxylic acids is 2. The second-order valence-corrected chi connectivity index (χ2v) is 10.7. The summed E-state index contributed by atoms with van der Waals surface area (Å²) in [6, 6.07) is 35.3. The number of nitro groups is 1. The van der Waals surface area contributed by atoms with Crippen LogP contribution in [0.3, 0.4) is 0 Å². The molecule has 2 atom stereocenters. The van der Waals surface area contributed by atoms with Crippen LogP contribution in [0.2, 0.25) is 0 Å². The van der Waals surface area contributed by atoms with E-state index in [1.165, 1.54) is 12.1 Å². The Balaban J connectivity index is 1.35. The molecule has 0 bridgehead atoms. The Bertz CT molecular complexity index is 2020. The van der Waals surface area contributed by atoms with Gasteiger partial charge in [0.1, 0.15) is 0 Å². The van der Waals surface area contributed by atoms with Crippen LogP contribution in [0.15, 0.2) is 144 Å². The van der Waals surface area contributed by atoms with Gasteiger partial charge in [0.05, 0.1) is 33.8 Å². The minimum atomic E-state index is -0.604. The van der Waals surface area contributed by atoms with Gasteiger partial charge in [0.25, 0.3) is 5.69 Å². The zero-order chi connectivity index (χ0) is 30.2. The number of rotatable bonds is 6. The van der Waals surface area contributed by atoms with Crippen molar-refractivity contribution in [1.82, 2.24) is 4.57 Å². The van der Waals surface area contributed by atoms with E-state index in [9.17, 15) is 19.7 Å². The number of nitro benzene ring substituents is 1. The Hall–Kier alpha value is -5.95. The molecule has 2 aliphatic rings. The van der Waals surface area contributed by atoms with Gasteiger partial charge in [-0.1, -0.05) is 91.0 Å². The molecule has 1 aromatic heterocycles. The summed E-state index contributed by atoms with van der Waals surface area (Å²) in [5.41, 5.74) is 6.76. The lowest BCUT2D eigenvalue weighted by molar-refractivity contribution is -0.384. The summed E-state index contributed by atoms with van der Waals surface area (Å²) in [6.45, 7) is 0. The van der Waals surface area contributed by atoms with Gasteiger partial charge < -0.3 is 4.57 Å². The lowest BCUT2D eigenvalue weighted by Crippen LogP contribution is -2.35. The molecule has 0 spiro atoms. The second-order valence-electron chi connectivity index (χ2n) is 10.7. The number of fused-ring (bicyclic) bond motifs is 2. The Morgan fingerprint density at radius 3 is 1.95 bits per heavy atom. The van der Waals surface area contributed by atoms with Crippen molar-refractivity contribution < 1.29 is 14.5 Å². The van der Waals surface area contributed by atoms with E-state index in [0.29, 0.717) is 16.8 Å². The highest BCUT2D eigenvalue weighted by Gasteiger charge is 2.40. The lowest BCUT2D eigenvalue weighted by atomic mass is 9.72. The largest absolute Gasteiger partial charge is 0.309 e. The fourth-order valence-electron chi connectivity index (χ4n) is 5.99. The predicted molar refractivity (Wildman–Crippen MR) is 170 cm³/mol. The molecule has 7 rings (SSSR count). The van der Waals surface area contributed by atoms with Crippen LogP contribution < -0.4 is 0 Å². The van der Waals surface area contributed by atoms with Gasteiger partial charge in [-0.05, 0) is 41.5 Å². The molecule has 0 unspecified atom stereocenters. The monoisotopic (exact) mass is 575 g/mol. The number of carbonyl (C=O) groups is 2. The number of allylic oxidation sites excluding steroid dienone is 3. The summed E-state index contributed by atoms with van der Waals surface area (Å²) in [4.78, 5) is 42.3. The third-order valence-electron chi connectivity index (χ3n) is 8.09. The van der Waals surface area contributed by atoms with Gasteiger partial charge >= 0.3 is 0 Å². The van der Waals surface area contributed by atoms with Crippen LogP contribution in [0.4, 0.5) is 5.69 Å². The Labute approximate surface area is 253 Å². The van der Waals surface area contributed by atoms with Gasteiger partial charge in [0, 0.05) is 40.7 Å². The molecule has 44 heavy (non-hydrogen) atoms. The maximum atomic E-state index is 13.4. The molecule has 4 aromatic carbocycles. The van der Waals surface area contributed by atoms with Gasteiger partial charge in [0.2, 0.25) is 0 Å². The van der Waals surface area contributed by atoms with Crippen molar-refractivity contribution in [2.75, 3.05) is 0 Å². The molecule has 212 valence electrons. The fourth-order valence-corrected chi connectivity index (χ4v) is 5.99. The molecule has 0 N–H and O–H groups in total. The van der Waals surface area contributed by atoms with Crippen LogP contribution in [-0.2, 0) is 0 Å². The summed E-state index contributed by atoms with van der Waals surface area (Å²) >= 11 is 0. The van der Waals surface area contributed by atoms with Crippen LogP contribution >= 0.6 is 0 Å². The third-order valence-corrected chi connectivity index (χ3v) is 8.09. The van der Waals surface area contributed by atoms with Crippen molar-refractivity contribution in [3.05, 3.63) is 166 Å². The first-order valence-electron chi connectivity index (χ1n) is 14.2. The summed E-state index contributed by atoms with van der Waals surface area (Å²) in [5, 5.41) is 11.4. The van der Waals surface area contributed by atoms with E-state index < -0.39 is 16.8 Å². The van der Waals surface area contributed by atoms with Crippen molar-refractivity contribution in [2.45, 2.75) is 0 Å². The minimum Gasteiger partial charge on any atom is -0.309 e. The van der Waals surface area contributed by atoms with Gasteiger partial charge in [-0.3, -0.25) is 24.7 Å². The maximum absolute atomic E-state index is 13.4. The second kappa shape index (κ2) is 11.0. The number of benzene rings is 4. The van der Waals surface area contributed by atoms with Crippen LogP contribution in [0.25, 0.3) is 28.2 Å². The smallest absolute Gasteiger partial charge is 0.269 e. The predicted octanol–water partition coefficient (Wildman–Crippen LogP) is 7.90. The average Bonchev–Trinajstić information content (AvgIpc) is 3.46. The minimum absolute atomic E-state index is 0.0120. The molecule has 0 radical (unpaired) electrons. The normalized spacial score (nSPS) is 17.3. The maximum Gasteiger partial charge on any atom is 0.269 e. The quantitative estimate of drug-likeness (QED) is 0.117.